The molecule has 0 saturated heterocycles. The number of methoxy groups -OCH3 is 1. The van der Waals surface area contributed by atoms with E-state index in [2.05, 4.69) is 16.6 Å². The summed E-state index contributed by atoms with van der Waals surface area (Å²) in [5.74, 6) is -0.800. The van der Waals surface area contributed by atoms with Gasteiger partial charge < -0.3 is 9.72 Å². The lowest BCUT2D eigenvalue weighted by molar-refractivity contribution is -0.141. The molecule has 0 aliphatic rings. The van der Waals surface area contributed by atoms with Gasteiger partial charge in [0, 0.05) is 17.1 Å². The Labute approximate surface area is 88.1 Å². The van der Waals surface area contributed by atoms with E-state index in [0.29, 0.717) is 0 Å². The summed E-state index contributed by atoms with van der Waals surface area (Å²) >= 11 is 0. The summed E-state index contributed by atoms with van der Waals surface area (Å²) in [6.07, 6.45) is 1.80. The van der Waals surface area contributed by atoms with Gasteiger partial charge in [0.1, 0.15) is 0 Å². The lowest BCUT2D eigenvalue weighted by Gasteiger charge is -2.07. The van der Waals surface area contributed by atoms with E-state index >= 15 is 0 Å². The van der Waals surface area contributed by atoms with Crippen LogP contribution < -0.4 is 0 Å². The molecule has 1 aromatic carbocycles. The normalized spacial score (nSPS) is 12.7. The highest BCUT2D eigenvalue weighted by Crippen LogP contribution is 2.25. The predicted molar refractivity (Wildman–Crippen MR) is 58.4 cm³/mol. The monoisotopic (exact) mass is 202 g/mol. The molecule has 1 radical (unpaired) electrons. The second kappa shape index (κ2) is 3.77. The van der Waals surface area contributed by atoms with Gasteiger partial charge in [-0.15, -0.1) is 0 Å². The number of hydrogen-bond acceptors (Lipinski definition) is 2. The Bertz CT molecular complexity index is 487. The van der Waals surface area contributed by atoms with Crippen molar-refractivity contribution in [2.75, 3.05) is 7.11 Å². The van der Waals surface area contributed by atoms with Crippen molar-refractivity contribution in [3.05, 3.63) is 42.9 Å². The third-order valence-electron chi connectivity index (χ3n) is 2.48. The molecule has 2 aromatic rings. The van der Waals surface area contributed by atoms with Gasteiger partial charge in [-0.2, -0.15) is 0 Å². The summed E-state index contributed by atoms with van der Waals surface area (Å²) in [6.45, 7) is 3.81. The fourth-order valence-electron chi connectivity index (χ4n) is 1.65. The number of H-pyrrole nitrogens is 1. The van der Waals surface area contributed by atoms with Gasteiger partial charge in [-0.05, 0) is 18.6 Å². The summed E-state index contributed by atoms with van der Waals surface area (Å²) < 4.78 is 4.67. The van der Waals surface area contributed by atoms with Crippen LogP contribution >= 0.6 is 0 Å². The smallest absolute Gasteiger partial charge is 0.313 e. The quantitative estimate of drug-likeness (QED) is 0.759. The molecule has 0 fully saturated rings. The first-order chi connectivity index (χ1) is 7.24. The molecular formula is C12H12NO2. The topological polar surface area (TPSA) is 42.1 Å². The number of fused-ring (bicyclic) bond motifs is 1. The van der Waals surface area contributed by atoms with Crippen LogP contribution in [-0.4, -0.2) is 18.1 Å². The highest BCUT2D eigenvalue weighted by molar-refractivity contribution is 5.90. The third-order valence-corrected chi connectivity index (χ3v) is 2.48. The maximum Gasteiger partial charge on any atom is 0.313 e. The minimum absolute atomic E-state index is 0.320. The molecule has 0 aliphatic carbocycles. The van der Waals surface area contributed by atoms with Crippen LogP contribution in [0.1, 0.15) is 11.5 Å². The summed E-state index contributed by atoms with van der Waals surface area (Å²) in [7, 11) is 1.37. The van der Waals surface area contributed by atoms with E-state index in [1.807, 2.05) is 24.3 Å². The highest BCUT2D eigenvalue weighted by atomic mass is 16.5. The van der Waals surface area contributed by atoms with Crippen LogP contribution in [0.2, 0.25) is 0 Å². The van der Waals surface area contributed by atoms with Gasteiger partial charge in [-0.1, -0.05) is 18.2 Å². The van der Waals surface area contributed by atoms with Crippen LogP contribution in [0.15, 0.2) is 30.5 Å². The number of benzene rings is 1. The maximum absolute atomic E-state index is 11.4. The number of rotatable bonds is 2. The van der Waals surface area contributed by atoms with Crippen molar-refractivity contribution >= 4 is 16.9 Å². The Hall–Kier alpha value is -1.77. The lowest BCUT2D eigenvalue weighted by Crippen LogP contribution is -2.10. The predicted octanol–water partition coefficient (Wildman–Crippen LogP) is 2.26. The minimum Gasteiger partial charge on any atom is -0.469 e. The van der Waals surface area contributed by atoms with Gasteiger partial charge >= 0.3 is 5.97 Å². The number of carbonyl (C=O) groups is 1. The summed E-state index contributed by atoms with van der Waals surface area (Å²) in [5, 5.41) is 1.02. The molecule has 15 heavy (non-hydrogen) atoms. The van der Waals surface area contributed by atoms with Crippen LogP contribution in [-0.2, 0) is 9.53 Å². The molecule has 2 rings (SSSR count). The Morgan fingerprint density at radius 3 is 2.93 bits per heavy atom. The molecule has 0 bridgehead atoms. The lowest BCUT2D eigenvalue weighted by atomic mass is 10.0. The van der Waals surface area contributed by atoms with Crippen LogP contribution in [0.4, 0.5) is 0 Å². The average molecular weight is 202 g/mol. The number of nitrogens with one attached hydrogen (secondary N) is 1. The van der Waals surface area contributed by atoms with E-state index in [1.165, 1.54) is 7.11 Å². The molecule has 77 valence electrons. The molecule has 1 aromatic heterocycles. The number of hydrogen-bond donors (Lipinski definition) is 1. The second-order valence-electron chi connectivity index (χ2n) is 3.37. The number of carbonyl (C=O) groups excluding carboxylic acids is 1. The van der Waals surface area contributed by atoms with Gasteiger partial charge in [-0.3, -0.25) is 4.79 Å². The molecular weight excluding hydrogens is 190 g/mol. The highest BCUT2D eigenvalue weighted by Gasteiger charge is 2.18. The molecule has 3 heteroatoms. The first-order valence-electron chi connectivity index (χ1n) is 4.71. The first kappa shape index (κ1) is 9.77. The van der Waals surface area contributed by atoms with E-state index in [0.717, 1.165) is 16.5 Å². The maximum atomic E-state index is 11.4. The van der Waals surface area contributed by atoms with Crippen LogP contribution in [0.3, 0.4) is 0 Å². The number of para-hydroxylation sites is 1. The summed E-state index contributed by atoms with van der Waals surface area (Å²) in [6, 6.07) is 7.80. The minimum atomic E-state index is -0.480. The van der Waals surface area contributed by atoms with Crippen molar-refractivity contribution in [2.24, 2.45) is 0 Å². The van der Waals surface area contributed by atoms with Crippen molar-refractivity contribution in [1.82, 2.24) is 4.98 Å². The largest absolute Gasteiger partial charge is 0.469 e. The van der Waals surface area contributed by atoms with Crippen molar-refractivity contribution in [3.63, 3.8) is 0 Å². The van der Waals surface area contributed by atoms with Crippen molar-refractivity contribution < 1.29 is 9.53 Å². The van der Waals surface area contributed by atoms with Gasteiger partial charge in [0.2, 0.25) is 0 Å². The number of esters is 1. The molecule has 1 N–H and O–H groups in total. The third kappa shape index (κ3) is 1.61. The fraction of sp³-hybridized carbons (Fsp3) is 0.167. The number of aromatic amines is 1. The number of ether oxygens (including phenoxy) is 1. The van der Waals surface area contributed by atoms with E-state index in [4.69, 9.17) is 0 Å². The Morgan fingerprint density at radius 1 is 1.47 bits per heavy atom. The zero-order valence-electron chi connectivity index (χ0n) is 8.49. The molecule has 0 spiro atoms. The van der Waals surface area contributed by atoms with E-state index < -0.39 is 5.92 Å². The summed E-state index contributed by atoms with van der Waals surface area (Å²) in [4.78, 5) is 14.5. The van der Waals surface area contributed by atoms with E-state index in [-0.39, 0.29) is 5.97 Å². The molecule has 1 heterocycles. The molecule has 3 nitrogen and oxygen atoms in total. The van der Waals surface area contributed by atoms with Crippen molar-refractivity contribution in [1.29, 1.82) is 0 Å². The zero-order chi connectivity index (χ0) is 10.8. The SMILES string of the molecule is [CH2]C(C(=O)OC)c1c[nH]c2ccccc12. The molecule has 1 unspecified atom stereocenters. The Morgan fingerprint density at radius 2 is 2.20 bits per heavy atom. The van der Waals surface area contributed by atoms with Crippen LogP contribution in [0.25, 0.3) is 10.9 Å². The number of aromatic nitrogens is 1. The fourth-order valence-corrected chi connectivity index (χ4v) is 1.65. The van der Waals surface area contributed by atoms with Gasteiger partial charge in [0.15, 0.2) is 0 Å². The van der Waals surface area contributed by atoms with Crippen molar-refractivity contribution in [3.8, 4) is 0 Å². The molecule has 0 amide bonds. The van der Waals surface area contributed by atoms with Gasteiger partial charge in [-0.25, -0.2) is 0 Å². The Balaban J connectivity index is 2.48. The zero-order valence-corrected chi connectivity index (χ0v) is 8.49. The second-order valence-corrected chi connectivity index (χ2v) is 3.37. The van der Waals surface area contributed by atoms with Crippen LogP contribution in [0, 0.1) is 6.92 Å². The Kier molecular flexibility index (Phi) is 2.46. The average Bonchev–Trinajstić information content (AvgIpc) is 2.70. The van der Waals surface area contributed by atoms with Crippen LogP contribution in [0.5, 0.6) is 0 Å². The molecule has 1 atom stereocenters. The summed E-state index contributed by atoms with van der Waals surface area (Å²) in [5.41, 5.74) is 1.88. The van der Waals surface area contributed by atoms with Gasteiger partial charge in [0.05, 0.1) is 13.0 Å². The standard InChI is InChI=1S/C12H12NO2/c1-8(12(14)15-2)10-7-13-11-6-4-3-5-9(10)11/h3-8,13H,1H2,2H3. The van der Waals surface area contributed by atoms with E-state index in [9.17, 15) is 4.79 Å². The van der Waals surface area contributed by atoms with Gasteiger partial charge in [0.25, 0.3) is 0 Å². The molecule has 0 saturated carbocycles. The van der Waals surface area contributed by atoms with E-state index in [1.54, 1.807) is 6.20 Å². The molecule has 0 aliphatic heterocycles. The van der Waals surface area contributed by atoms with Crippen molar-refractivity contribution in [2.45, 2.75) is 5.92 Å². The first-order valence-corrected chi connectivity index (χ1v) is 4.71.